The van der Waals surface area contributed by atoms with Gasteiger partial charge in [0.1, 0.15) is 11.5 Å². The van der Waals surface area contributed by atoms with Crippen LogP contribution in [-0.2, 0) is 0 Å². The van der Waals surface area contributed by atoms with Crippen molar-refractivity contribution in [2.75, 3.05) is 0 Å². The Balaban J connectivity index is 1.84. The first-order valence-electron chi connectivity index (χ1n) is 6.21. The summed E-state index contributed by atoms with van der Waals surface area (Å²) in [7, 11) is 0. The van der Waals surface area contributed by atoms with Crippen LogP contribution in [0.4, 0.5) is 13.2 Å². The number of aromatic nitrogens is 1. The Morgan fingerprint density at radius 1 is 0.909 bits per heavy atom. The second-order valence-corrected chi connectivity index (χ2v) is 4.92. The lowest BCUT2D eigenvalue weighted by Crippen LogP contribution is -2.16. The summed E-state index contributed by atoms with van der Waals surface area (Å²) in [6.45, 7) is 0. The molecule has 1 N–H and O–H groups in total. The Morgan fingerprint density at radius 3 is 2.27 bits per heavy atom. The molecule has 0 fully saturated rings. The Bertz CT molecular complexity index is 797. The van der Waals surface area contributed by atoms with Crippen LogP contribution < -0.4 is 9.47 Å². The van der Waals surface area contributed by atoms with E-state index in [4.69, 9.17) is 16.3 Å². The van der Waals surface area contributed by atoms with Gasteiger partial charge in [-0.15, -0.1) is 13.2 Å². The van der Waals surface area contributed by atoms with Crippen molar-refractivity contribution >= 4 is 22.5 Å². The summed E-state index contributed by atoms with van der Waals surface area (Å²) in [4.78, 5) is 2.96. The minimum atomic E-state index is -4.72. The van der Waals surface area contributed by atoms with E-state index in [1.807, 2.05) is 0 Å². The molecule has 3 rings (SSSR count). The molecule has 1 aromatic heterocycles. The molecule has 0 aliphatic carbocycles. The summed E-state index contributed by atoms with van der Waals surface area (Å²) >= 11 is 5.78. The maximum absolute atomic E-state index is 12.2. The maximum atomic E-state index is 12.2. The van der Waals surface area contributed by atoms with Crippen LogP contribution in [0.1, 0.15) is 0 Å². The van der Waals surface area contributed by atoms with Gasteiger partial charge in [-0.1, -0.05) is 11.6 Å². The third-order valence-electron chi connectivity index (χ3n) is 2.84. The molecule has 0 saturated carbocycles. The van der Waals surface area contributed by atoms with Crippen LogP contribution in [0.5, 0.6) is 17.4 Å². The Hall–Kier alpha value is -2.34. The SMILES string of the molecule is FC(F)(F)Oc1ccc2[nH]c(Oc3ccc(Cl)cc3)cc2c1. The molecule has 114 valence electrons. The molecule has 0 bridgehead atoms. The van der Waals surface area contributed by atoms with E-state index in [0.717, 1.165) is 0 Å². The van der Waals surface area contributed by atoms with Gasteiger partial charge in [0.25, 0.3) is 0 Å². The lowest BCUT2D eigenvalue weighted by atomic mass is 10.2. The summed E-state index contributed by atoms with van der Waals surface area (Å²) in [5, 5.41) is 1.13. The van der Waals surface area contributed by atoms with Gasteiger partial charge in [0.15, 0.2) is 5.88 Å². The molecule has 0 aliphatic heterocycles. The number of H-pyrrole nitrogens is 1. The zero-order chi connectivity index (χ0) is 15.7. The molecular formula is C15H9ClF3NO2. The van der Waals surface area contributed by atoms with Crippen molar-refractivity contribution in [3.8, 4) is 17.4 Å². The second kappa shape index (κ2) is 5.46. The number of nitrogens with one attached hydrogen (secondary N) is 1. The predicted molar refractivity (Wildman–Crippen MR) is 76.5 cm³/mol. The van der Waals surface area contributed by atoms with Crippen LogP contribution in [0.15, 0.2) is 48.5 Å². The number of aromatic amines is 1. The molecule has 0 radical (unpaired) electrons. The molecule has 3 aromatic rings. The highest BCUT2D eigenvalue weighted by molar-refractivity contribution is 6.30. The third-order valence-corrected chi connectivity index (χ3v) is 3.09. The molecule has 0 unspecified atom stereocenters. The first kappa shape index (κ1) is 14.6. The fourth-order valence-corrected chi connectivity index (χ4v) is 2.09. The third kappa shape index (κ3) is 3.46. The summed E-state index contributed by atoms with van der Waals surface area (Å²) in [6, 6.07) is 12.3. The first-order chi connectivity index (χ1) is 10.4. The fraction of sp³-hybridized carbons (Fsp3) is 0.0667. The van der Waals surface area contributed by atoms with Crippen LogP contribution in [0.25, 0.3) is 10.9 Å². The lowest BCUT2D eigenvalue weighted by Gasteiger charge is -2.08. The van der Waals surface area contributed by atoms with E-state index in [0.29, 0.717) is 27.6 Å². The van der Waals surface area contributed by atoms with Crippen LogP contribution >= 0.6 is 11.6 Å². The Kier molecular flexibility index (Phi) is 3.62. The second-order valence-electron chi connectivity index (χ2n) is 4.49. The van der Waals surface area contributed by atoms with Crippen molar-refractivity contribution in [2.45, 2.75) is 6.36 Å². The van der Waals surface area contributed by atoms with Gasteiger partial charge in [-0.05, 0) is 42.5 Å². The highest BCUT2D eigenvalue weighted by Crippen LogP contribution is 2.30. The number of fused-ring (bicyclic) bond motifs is 1. The zero-order valence-corrected chi connectivity index (χ0v) is 11.7. The molecule has 0 aliphatic rings. The van der Waals surface area contributed by atoms with Gasteiger partial charge >= 0.3 is 6.36 Å². The topological polar surface area (TPSA) is 34.2 Å². The van der Waals surface area contributed by atoms with Gasteiger partial charge in [0.2, 0.25) is 0 Å². The van der Waals surface area contributed by atoms with E-state index < -0.39 is 6.36 Å². The fourth-order valence-electron chi connectivity index (χ4n) is 1.97. The van der Waals surface area contributed by atoms with Gasteiger partial charge in [0.05, 0.1) is 0 Å². The normalized spacial score (nSPS) is 11.6. The van der Waals surface area contributed by atoms with Crippen LogP contribution in [0, 0.1) is 0 Å². The largest absolute Gasteiger partial charge is 0.573 e. The van der Waals surface area contributed by atoms with Gasteiger partial charge in [-0.2, -0.15) is 0 Å². The van der Waals surface area contributed by atoms with Crippen molar-refractivity contribution in [2.24, 2.45) is 0 Å². The van der Waals surface area contributed by atoms with E-state index in [1.54, 1.807) is 30.3 Å². The van der Waals surface area contributed by atoms with Gasteiger partial charge < -0.3 is 14.5 Å². The molecule has 3 nitrogen and oxygen atoms in total. The molecule has 7 heteroatoms. The van der Waals surface area contributed by atoms with Crippen LogP contribution in [0.3, 0.4) is 0 Å². The molecule has 2 aromatic carbocycles. The minimum Gasteiger partial charge on any atom is -0.441 e. The zero-order valence-electron chi connectivity index (χ0n) is 10.9. The average Bonchev–Trinajstić information content (AvgIpc) is 2.81. The Morgan fingerprint density at radius 2 is 1.59 bits per heavy atom. The quantitative estimate of drug-likeness (QED) is 0.688. The lowest BCUT2D eigenvalue weighted by molar-refractivity contribution is -0.274. The summed E-state index contributed by atoms with van der Waals surface area (Å²) in [5.74, 6) is 0.682. The Labute approximate surface area is 128 Å². The number of rotatable bonds is 3. The number of hydrogen-bond acceptors (Lipinski definition) is 2. The number of hydrogen-bond donors (Lipinski definition) is 1. The summed E-state index contributed by atoms with van der Waals surface area (Å²) in [6.07, 6.45) is -4.72. The van der Waals surface area contributed by atoms with Gasteiger partial charge in [-0.25, -0.2) is 0 Å². The predicted octanol–water partition coefficient (Wildman–Crippen LogP) is 5.51. The molecular weight excluding hydrogens is 319 g/mol. The van der Waals surface area contributed by atoms with Crippen molar-refractivity contribution in [1.29, 1.82) is 0 Å². The van der Waals surface area contributed by atoms with Gasteiger partial charge in [0, 0.05) is 22.0 Å². The van der Waals surface area contributed by atoms with E-state index in [2.05, 4.69) is 9.72 Å². The number of alkyl halides is 3. The highest BCUT2D eigenvalue weighted by Gasteiger charge is 2.31. The average molecular weight is 328 g/mol. The van der Waals surface area contributed by atoms with Crippen molar-refractivity contribution in [3.05, 3.63) is 53.6 Å². The summed E-state index contributed by atoms with van der Waals surface area (Å²) in [5.41, 5.74) is 0.637. The number of halogens is 4. The minimum absolute atomic E-state index is 0.281. The van der Waals surface area contributed by atoms with Crippen molar-refractivity contribution in [1.82, 2.24) is 4.98 Å². The van der Waals surface area contributed by atoms with E-state index in [1.165, 1.54) is 18.2 Å². The smallest absolute Gasteiger partial charge is 0.441 e. The van der Waals surface area contributed by atoms with E-state index in [9.17, 15) is 13.2 Å². The van der Waals surface area contributed by atoms with Crippen molar-refractivity contribution < 1.29 is 22.6 Å². The van der Waals surface area contributed by atoms with E-state index >= 15 is 0 Å². The maximum Gasteiger partial charge on any atom is 0.573 e. The summed E-state index contributed by atoms with van der Waals surface area (Å²) < 4.78 is 46.1. The molecule has 0 amide bonds. The van der Waals surface area contributed by atoms with Crippen LogP contribution in [0.2, 0.25) is 5.02 Å². The monoisotopic (exact) mass is 327 g/mol. The van der Waals surface area contributed by atoms with Crippen molar-refractivity contribution in [3.63, 3.8) is 0 Å². The molecule has 1 heterocycles. The van der Waals surface area contributed by atoms with Crippen LogP contribution in [-0.4, -0.2) is 11.3 Å². The highest BCUT2D eigenvalue weighted by atomic mass is 35.5. The first-order valence-corrected chi connectivity index (χ1v) is 6.59. The molecule has 22 heavy (non-hydrogen) atoms. The standard InChI is InChI=1S/C15H9ClF3NO2/c16-10-1-3-11(4-2-10)21-14-8-9-7-12(22-15(17,18)19)5-6-13(9)20-14/h1-8,20H. The molecule has 0 atom stereocenters. The van der Waals surface area contributed by atoms with E-state index in [-0.39, 0.29) is 5.75 Å². The number of ether oxygens (including phenoxy) is 2. The molecule has 0 spiro atoms. The van der Waals surface area contributed by atoms with Gasteiger partial charge in [-0.3, -0.25) is 0 Å². The molecule has 0 saturated heterocycles. The number of benzene rings is 2.